The second kappa shape index (κ2) is 6.26. The average molecular weight is 297 g/mol. The third-order valence-electron chi connectivity index (χ3n) is 3.13. The highest BCUT2D eigenvalue weighted by Crippen LogP contribution is 2.32. The predicted molar refractivity (Wildman–Crippen MR) is 74.2 cm³/mol. The highest BCUT2D eigenvalue weighted by Gasteiger charge is 2.30. The zero-order valence-corrected chi connectivity index (χ0v) is 11.5. The highest BCUT2D eigenvalue weighted by molar-refractivity contribution is 5.65. The molecule has 0 aliphatic carbocycles. The van der Waals surface area contributed by atoms with Crippen LogP contribution in [0, 0.1) is 5.82 Å². The topological polar surface area (TPSA) is 12.0 Å². The molecule has 2 aromatic carbocycles. The number of alkyl halides is 3. The number of hydrogen-bond acceptors (Lipinski definition) is 1. The Morgan fingerprint density at radius 2 is 1.71 bits per heavy atom. The van der Waals surface area contributed by atoms with E-state index in [1.807, 2.05) is 6.92 Å². The molecule has 0 bridgehead atoms. The van der Waals surface area contributed by atoms with Gasteiger partial charge >= 0.3 is 6.18 Å². The van der Waals surface area contributed by atoms with Crippen LogP contribution in [-0.2, 0) is 12.7 Å². The standard InChI is InChI=1S/C16H15F4N/c1-2-21-10-13-8-12(6-7-15(13)17)11-4-3-5-14(9-11)16(18,19)20/h3-9,21H,2,10H2,1H3. The zero-order chi connectivity index (χ0) is 15.5. The van der Waals surface area contributed by atoms with E-state index in [0.717, 1.165) is 12.1 Å². The van der Waals surface area contributed by atoms with Gasteiger partial charge in [0.25, 0.3) is 0 Å². The lowest BCUT2D eigenvalue weighted by Gasteiger charge is -2.11. The van der Waals surface area contributed by atoms with Gasteiger partial charge in [0.05, 0.1) is 5.56 Å². The Hall–Kier alpha value is -1.88. The fourth-order valence-electron chi connectivity index (χ4n) is 2.02. The van der Waals surface area contributed by atoms with E-state index in [0.29, 0.717) is 29.8 Å². The van der Waals surface area contributed by atoms with Gasteiger partial charge in [-0.15, -0.1) is 0 Å². The Morgan fingerprint density at radius 1 is 1.00 bits per heavy atom. The average Bonchev–Trinajstić information content (AvgIpc) is 2.46. The molecule has 5 heteroatoms. The first kappa shape index (κ1) is 15.5. The van der Waals surface area contributed by atoms with E-state index in [1.165, 1.54) is 18.2 Å². The van der Waals surface area contributed by atoms with Crippen LogP contribution in [0.1, 0.15) is 18.1 Å². The molecule has 112 valence electrons. The summed E-state index contributed by atoms with van der Waals surface area (Å²) in [4.78, 5) is 0. The molecule has 0 unspecified atom stereocenters. The van der Waals surface area contributed by atoms with Crippen LogP contribution < -0.4 is 5.32 Å². The third kappa shape index (κ3) is 3.82. The first-order chi connectivity index (χ1) is 9.91. The Bertz CT molecular complexity index is 620. The minimum Gasteiger partial charge on any atom is -0.313 e. The molecule has 0 aliphatic rings. The first-order valence-electron chi connectivity index (χ1n) is 6.58. The molecule has 0 spiro atoms. The van der Waals surface area contributed by atoms with E-state index >= 15 is 0 Å². The molecule has 0 fully saturated rings. The van der Waals surface area contributed by atoms with Crippen LogP contribution in [0.15, 0.2) is 42.5 Å². The van der Waals surface area contributed by atoms with Gasteiger partial charge in [-0.3, -0.25) is 0 Å². The molecule has 1 N–H and O–H groups in total. The Balaban J connectivity index is 2.38. The molecule has 0 aliphatic heterocycles. The summed E-state index contributed by atoms with van der Waals surface area (Å²) in [6.45, 7) is 2.93. The van der Waals surface area contributed by atoms with Crippen molar-refractivity contribution in [2.24, 2.45) is 0 Å². The van der Waals surface area contributed by atoms with Crippen molar-refractivity contribution in [1.29, 1.82) is 0 Å². The molecular formula is C16H15F4N. The summed E-state index contributed by atoms with van der Waals surface area (Å²) in [6, 6.07) is 9.37. The second-order valence-electron chi connectivity index (χ2n) is 4.67. The summed E-state index contributed by atoms with van der Waals surface area (Å²) < 4.78 is 51.8. The fraction of sp³-hybridized carbons (Fsp3) is 0.250. The van der Waals surface area contributed by atoms with Crippen molar-refractivity contribution < 1.29 is 17.6 Å². The molecule has 0 saturated heterocycles. The monoisotopic (exact) mass is 297 g/mol. The van der Waals surface area contributed by atoms with Crippen molar-refractivity contribution in [2.45, 2.75) is 19.6 Å². The zero-order valence-electron chi connectivity index (χ0n) is 11.5. The maximum Gasteiger partial charge on any atom is 0.416 e. The molecule has 0 amide bonds. The number of rotatable bonds is 4. The normalized spacial score (nSPS) is 11.7. The van der Waals surface area contributed by atoms with Crippen LogP contribution in [0.2, 0.25) is 0 Å². The van der Waals surface area contributed by atoms with E-state index in [4.69, 9.17) is 0 Å². The first-order valence-corrected chi connectivity index (χ1v) is 6.58. The molecular weight excluding hydrogens is 282 g/mol. The lowest BCUT2D eigenvalue weighted by molar-refractivity contribution is -0.137. The second-order valence-corrected chi connectivity index (χ2v) is 4.67. The van der Waals surface area contributed by atoms with Gasteiger partial charge in [-0.25, -0.2) is 4.39 Å². The number of nitrogens with one attached hydrogen (secondary N) is 1. The summed E-state index contributed by atoms with van der Waals surface area (Å²) in [6.07, 6.45) is -4.39. The van der Waals surface area contributed by atoms with Gasteiger partial charge in [-0.2, -0.15) is 13.2 Å². The molecule has 2 rings (SSSR count). The lowest BCUT2D eigenvalue weighted by Crippen LogP contribution is -2.13. The number of benzene rings is 2. The van der Waals surface area contributed by atoms with Crippen molar-refractivity contribution in [2.75, 3.05) is 6.54 Å². The number of halogens is 4. The van der Waals surface area contributed by atoms with E-state index in [-0.39, 0.29) is 5.82 Å². The van der Waals surface area contributed by atoms with Gasteiger partial charge in [0.2, 0.25) is 0 Å². The Labute approximate surface area is 120 Å². The maximum atomic E-state index is 13.7. The Kier molecular flexibility index (Phi) is 4.63. The van der Waals surface area contributed by atoms with E-state index in [1.54, 1.807) is 12.1 Å². The van der Waals surface area contributed by atoms with Crippen molar-refractivity contribution in [3.8, 4) is 11.1 Å². The molecule has 1 nitrogen and oxygen atoms in total. The van der Waals surface area contributed by atoms with Gasteiger partial charge in [-0.1, -0.05) is 25.1 Å². The predicted octanol–water partition coefficient (Wildman–Crippen LogP) is 4.62. The van der Waals surface area contributed by atoms with E-state index < -0.39 is 11.7 Å². The molecule has 0 aromatic heterocycles. The van der Waals surface area contributed by atoms with Crippen molar-refractivity contribution in [1.82, 2.24) is 5.32 Å². The SMILES string of the molecule is CCNCc1cc(-c2cccc(C(F)(F)F)c2)ccc1F. The smallest absolute Gasteiger partial charge is 0.313 e. The number of hydrogen-bond donors (Lipinski definition) is 1. The summed E-state index contributed by atoms with van der Waals surface area (Å²) in [5, 5.41) is 3.00. The molecule has 0 heterocycles. The quantitative estimate of drug-likeness (QED) is 0.812. The molecule has 0 radical (unpaired) electrons. The highest BCUT2D eigenvalue weighted by atomic mass is 19.4. The van der Waals surface area contributed by atoms with Crippen LogP contribution in [0.5, 0.6) is 0 Å². The molecule has 21 heavy (non-hydrogen) atoms. The largest absolute Gasteiger partial charge is 0.416 e. The molecule has 0 atom stereocenters. The molecule has 0 saturated carbocycles. The summed E-state index contributed by atoms with van der Waals surface area (Å²) in [7, 11) is 0. The van der Waals surface area contributed by atoms with Crippen LogP contribution in [0.3, 0.4) is 0 Å². The van der Waals surface area contributed by atoms with Crippen LogP contribution in [-0.4, -0.2) is 6.54 Å². The van der Waals surface area contributed by atoms with E-state index in [9.17, 15) is 17.6 Å². The van der Waals surface area contributed by atoms with Gasteiger partial charge in [0, 0.05) is 12.1 Å². The van der Waals surface area contributed by atoms with Crippen molar-refractivity contribution in [3.05, 3.63) is 59.4 Å². The minimum absolute atomic E-state index is 0.342. The van der Waals surface area contributed by atoms with Gasteiger partial charge < -0.3 is 5.32 Å². The van der Waals surface area contributed by atoms with Crippen molar-refractivity contribution in [3.63, 3.8) is 0 Å². The summed E-state index contributed by atoms with van der Waals surface area (Å²) >= 11 is 0. The Morgan fingerprint density at radius 3 is 2.38 bits per heavy atom. The van der Waals surface area contributed by atoms with Crippen molar-refractivity contribution >= 4 is 0 Å². The van der Waals surface area contributed by atoms with Gasteiger partial charge in [0.1, 0.15) is 5.82 Å². The van der Waals surface area contributed by atoms with Crippen LogP contribution >= 0.6 is 0 Å². The molecule has 2 aromatic rings. The van der Waals surface area contributed by atoms with Crippen LogP contribution in [0.25, 0.3) is 11.1 Å². The van der Waals surface area contributed by atoms with Gasteiger partial charge in [-0.05, 0) is 41.9 Å². The summed E-state index contributed by atoms with van der Waals surface area (Å²) in [5.41, 5.74) is 0.710. The maximum absolute atomic E-state index is 13.7. The fourth-order valence-corrected chi connectivity index (χ4v) is 2.02. The lowest BCUT2D eigenvalue weighted by atomic mass is 10.0. The minimum atomic E-state index is -4.39. The summed E-state index contributed by atoms with van der Waals surface area (Å²) in [5.74, 6) is -0.369. The van der Waals surface area contributed by atoms with E-state index in [2.05, 4.69) is 5.32 Å². The third-order valence-corrected chi connectivity index (χ3v) is 3.13. The van der Waals surface area contributed by atoms with Crippen LogP contribution in [0.4, 0.5) is 17.6 Å². The van der Waals surface area contributed by atoms with Gasteiger partial charge in [0.15, 0.2) is 0 Å².